The van der Waals surface area contributed by atoms with Crippen LogP contribution < -0.4 is 0 Å². The lowest BCUT2D eigenvalue weighted by atomic mass is 10.2. The van der Waals surface area contributed by atoms with Crippen molar-refractivity contribution in [2.24, 2.45) is 0 Å². The molecule has 0 spiro atoms. The van der Waals surface area contributed by atoms with Crippen LogP contribution in [-0.4, -0.2) is 61.6 Å². The molecule has 0 fully saturated rings. The molecule has 23 heavy (non-hydrogen) atoms. The molecule has 0 unspecified atom stereocenters. The van der Waals surface area contributed by atoms with E-state index in [9.17, 15) is 14.4 Å². The van der Waals surface area contributed by atoms with Gasteiger partial charge in [0.15, 0.2) is 0 Å². The maximum absolute atomic E-state index is 11.4. The first kappa shape index (κ1) is 21.3. The molecule has 0 aromatic rings. The number of ether oxygens (including phenoxy) is 2. The van der Waals surface area contributed by atoms with Crippen molar-refractivity contribution in [2.45, 2.75) is 40.5 Å². The van der Waals surface area contributed by atoms with E-state index in [1.165, 1.54) is 0 Å². The van der Waals surface area contributed by atoms with Gasteiger partial charge in [0.25, 0.3) is 0 Å². The summed E-state index contributed by atoms with van der Waals surface area (Å²) in [6, 6.07) is 0. The SMILES string of the molecule is C=C(C)C(=O)OCC[N+](CC)(CC)CCCOC(=O)C(=O)CC. The topological polar surface area (TPSA) is 69.7 Å². The van der Waals surface area contributed by atoms with E-state index in [2.05, 4.69) is 20.4 Å². The monoisotopic (exact) mass is 328 g/mol. The Bertz CT molecular complexity index is 427. The molecule has 6 nitrogen and oxygen atoms in total. The van der Waals surface area contributed by atoms with E-state index < -0.39 is 11.8 Å². The predicted molar refractivity (Wildman–Crippen MR) is 87.7 cm³/mol. The number of carbonyl (C=O) groups is 3. The molecule has 0 heterocycles. The Morgan fingerprint density at radius 1 is 0.913 bits per heavy atom. The summed E-state index contributed by atoms with van der Waals surface area (Å²) in [5.41, 5.74) is 0.392. The van der Waals surface area contributed by atoms with Gasteiger partial charge in [-0.2, -0.15) is 0 Å². The lowest BCUT2D eigenvalue weighted by molar-refractivity contribution is -0.925. The van der Waals surface area contributed by atoms with E-state index in [4.69, 9.17) is 9.47 Å². The van der Waals surface area contributed by atoms with E-state index in [1.807, 2.05) is 0 Å². The number of quaternary nitrogens is 1. The van der Waals surface area contributed by atoms with Crippen molar-refractivity contribution in [1.29, 1.82) is 0 Å². The number of esters is 2. The Morgan fingerprint density at radius 2 is 1.48 bits per heavy atom. The second-order valence-electron chi connectivity index (χ2n) is 5.60. The third-order valence-electron chi connectivity index (χ3n) is 4.05. The third-order valence-corrected chi connectivity index (χ3v) is 4.05. The van der Waals surface area contributed by atoms with Gasteiger partial charge in [0.2, 0.25) is 5.78 Å². The molecule has 0 amide bonds. The summed E-state index contributed by atoms with van der Waals surface area (Å²) >= 11 is 0. The fourth-order valence-corrected chi connectivity index (χ4v) is 2.21. The van der Waals surface area contributed by atoms with Crippen LogP contribution in [0.2, 0.25) is 0 Å². The molecule has 0 aliphatic rings. The van der Waals surface area contributed by atoms with E-state index in [-0.39, 0.29) is 19.0 Å². The molecular weight excluding hydrogens is 298 g/mol. The fraction of sp³-hybridized carbons (Fsp3) is 0.706. The summed E-state index contributed by atoms with van der Waals surface area (Å²) in [6.45, 7) is 14.8. The molecule has 0 aromatic heterocycles. The number of carbonyl (C=O) groups excluding carboxylic acids is 3. The molecule has 6 heteroatoms. The van der Waals surface area contributed by atoms with Crippen LogP contribution in [0, 0.1) is 0 Å². The minimum Gasteiger partial charge on any atom is -0.460 e. The van der Waals surface area contributed by atoms with Crippen LogP contribution in [0.1, 0.15) is 40.5 Å². The molecule has 0 aliphatic carbocycles. The Hall–Kier alpha value is -1.69. The first-order valence-electron chi connectivity index (χ1n) is 8.19. The van der Waals surface area contributed by atoms with Gasteiger partial charge in [0.05, 0.1) is 26.2 Å². The average molecular weight is 328 g/mol. The summed E-state index contributed by atoms with van der Waals surface area (Å²) in [5, 5.41) is 0. The van der Waals surface area contributed by atoms with Crippen molar-refractivity contribution in [1.82, 2.24) is 0 Å². The van der Waals surface area contributed by atoms with Crippen molar-refractivity contribution < 1.29 is 28.3 Å². The van der Waals surface area contributed by atoms with Gasteiger partial charge in [0.1, 0.15) is 13.2 Å². The molecule has 0 aliphatic heterocycles. The average Bonchev–Trinajstić information content (AvgIpc) is 2.55. The maximum atomic E-state index is 11.4. The molecule has 0 atom stereocenters. The molecule has 0 N–H and O–H groups in total. The highest BCUT2D eigenvalue weighted by atomic mass is 16.5. The minimum absolute atomic E-state index is 0.164. The standard InChI is InChI=1S/C17H30NO5/c1-6-15(19)17(21)22-12-9-10-18(7-2,8-3)11-13-23-16(20)14(4)5/h4,6-13H2,1-3,5H3/q+1. The van der Waals surface area contributed by atoms with Crippen molar-refractivity contribution in [3.63, 3.8) is 0 Å². The largest absolute Gasteiger partial charge is 0.460 e. The van der Waals surface area contributed by atoms with Gasteiger partial charge in [-0.3, -0.25) is 4.79 Å². The zero-order valence-corrected chi connectivity index (χ0v) is 14.9. The summed E-state index contributed by atoms with van der Waals surface area (Å²) in [5.74, 6) is -1.63. The predicted octanol–water partition coefficient (Wildman–Crippen LogP) is 1.87. The summed E-state index contributed by atoms with van der Waals surface area (Å²) in [6.07, 6.45) is 0.829. The van der Waals surface area contributed by atoms with E-state index >= 15 is 0 Å². The first-order chi connectivity index (χ1) is 10.8. The van der Waals surface area contributed by atoms with Crippen molar-refractivity contribution >= 4 is 17.7 Å². The number of hydrogen-bond donors (Lipinski definition) is 0. The summed E-state index contributed by atoms with van der Waals surface area (Å²) < 4.78 is 10.9. The van der Waals surface area contributed by atoms with Gasteiger partial charge in [-0.05, 0) is 20.8 Å². The molecule has 0 saturated heterocycles. The molecule has 0 radical (unpaired) electrons. The Morgan fingerprint density at radius 3 is 1.96 bits per heavy atom. The first-order valence-corrected chi connectivity index (χ1v) is 8.19. The molecule has 0 bridgehead atoms. The van der Waals surface area contributed by atoms with Gasteiger partial charge in [-0.15, -0.1) is 0 Å². The van der Waals surface area contributed by atoms with Crippen LogP contribution in [0.25, 0.3) is 0 Å². The van der Waals surface area contributed by atoms with Crippen LogP contribution in [0.5, 0.6) is 0 Å². The normalized spacial score (nSPS) is 11.0. The molecule has 0 aromatic carbocycles. The van der Waals surface area contributed by atoms with Crippen molar-refractivity contribution in [2.75, 3.05) is 39.4 Å². The highest BCUT2D eigenvalue weighted by Crippen LogP contribution is 2.09. The number of hydrogen-bond acceptors (Lipinski definition) is 5. The minimum atomic E-state index is -0.756. The van der Waals surface area contributed by atoms with Gasteiger partial charge in [-0.25, -0.2) is 9.59 Å². The van der Waals surface area contributed by atoms with Crippen LogP contribution in [-0.2, 0) is 23.9 Å². The summed E-state index contributed by atoms with van der Waals surface area (Å²) in [4.78, 5) is 33.9. The number of likely N-dealkylation sites (N-methyl/N-ethyl adjacent to an activating group) is 1. The fourth-order valence-electron chi connectivity index (χ4n) is 2.21. The molecule has 0 rings (SSSR count). The zero-order valence-electron chi connectivity index (χ0n) is 14.9. The summed E-state index contributed by atoms with van der Waals surface area (Å²) in [7, 11) is 0. The number of rotatable bonds is 12. The molecule has 0 saturated carbocycles. The Balaban J connectivity index is 4.27. The van der Waals surface area contributed by atoms with Crippen LogP contribution in [0.4, 0.5) is 0 Å². The van der Waals surface area contributed by atoms with Gasteiger partial charge < -0.3 is 14.0 Å². The van der Waals surface area contributed by atoms with Gasteiger partial charge in [-0.1, -0.05) is 13.5 Å². The Labute approximate surface area is 139 Å². The highest BCUT2D eigenvalue weighted by Gasteiger charge is 2.24. The van der Waals surface area contributed by atoms with Crippen LogP contribution in [0.15, 0.2) is 12.2 Å². The number of Topliss-reactive ketones (excluding diaryl/α,β-unsaturated/α-hetero) is 1. The smallest absolute Gasteiger partial charge is 0.374 e. The third kappa shape index (κ3) is 7.93. The van der Waals surface area contributed by atoms with Crippen LogP contribution in [0.3, 0.4) is 0 Å². The lowest BCUT2D eigenvalue weighted by Crippen LogP contribution is -2.50. The zero-order chi connectivity index (χ0) is 17.9. The maximum Gasteiger partial charge on any atom is 0.374 e. The van der Waals surface area contributed by atoms with Crippen molar-refractivity contribution in [3.8, 4) is 0 Å². The van der Waals surface area contributed by atoms with Gasteiger partial charge in [0, 0.05) is 18.4 Å². The number of nitrogens with zero attached hydrogens (tertiary/aromatic N) is 1. The van der Waals surface area contributed by atoms with E-state index in [0.29, 0.717) is 25.1 Å². The van der Waals surface area contributed by atoms with Crippen LogP contribution >= 0.6 is 0 Å². The Kier molecular flexibility index (Phi) is 10.1. The highest BCUT2D eigenvalue weighted by molar-refractivity contribution is 6.33. The quantitative estimate of drug-likeness (QED) is 0.180. The lowest BCUT2D eigenvalue weighted by Gasteiger charge is -2.36. The van der Waals surface area contributed by atoms with E-state index in [1.54, 1.807) is 13.8 Å². The van der Waals surface area contributed by atoms with Crippen molar-refractivity contribution in [3.05, 3.63) is 12.2 Å². The second-order valence-corrected chi connectivity index (χ2v) is 5.60. The van der Waals surface area contributed by atoms with Gasteiger partial charge >= 0.3 is 11.9 Å². The molecule has 132 valence electrons. The second kappa shape index (κ2) is 10.9. The number of ketones is 1. The molecular formula is C17H30NO5+. The van der Waals surface area contributed by atoms with E-state index in [0.717, 1.165) is 24.1 Å².